The number of hydrogen-bond acceptors (Lipinski definition) is 15. The Labute approximate surface area is 388 Å². The molecule has 0 aromatic rings. The van der Waals surface area contributed by atoms with Crippen LogP contribution in [-0.2, 0) is 38.0 Å². The van der Waals surface area contributed by atoms with Crippen LogP contribution in [0.15, 0.2) is 60.8 Å². The molecule has 2 aliphatic rings. The Morgan fingerprint density at radius 3 is 1.52 bits per heavy atom. The molecule has 65 heavy (non-hydrogen) atoms. The molecule has 2 heterocycles. The lowest BCUT2D eigenvalue weighted by Gasteiger charge is -2.42. The van der Waals surface area contributed by atoms with Crippen molar-refractivity contribution in [1.82, 2.24) is 0 Å². The maximum atomic E-state index is 13.0. The van der Waals surface area contributed by atoms with Crippen LogP contribution in [0.1, 0.15) is 149 Å². The molecule has 11 atom stereocenters. The molecule has 15 nitrogen and oxygen atoms in total. The highest BCUT2D eigenvalue weighted by molar-refractivity contribution is 5.70. The maximum Gasteiger partial charge on any atom is 0.306 e. The van der Waals surface area contributed by atoms with Crippen LogP contribution >= 0.6 is 0 Å². The van der Waals surface area contributed by atoms with Gasteiger partial charge in [0, 0.05) is 12.8 Å². The van der Waals surface area contributed by atoms with Gasteiger partial charge in [-0.2, -0.15) is 0 Å². The summed E-state index contributed by atoms with van der Waals surface area (Å²) >= 11 is 0. The molecule has 0 bridgehead atoms. The first kappa shape index (κ1) is 58.3. The third-order valence-corrected chi connectivity index (χ3v) is 11.2. The number of unbranched alkanes of at least 4 members (excludes halogenated alkanes) is 12. The Kier molecular flexibility index (Phi) is 33.4. The molecule has 0 aromatic heterocycles. The van der Waals surface area contributed by atoms with Gasteiger partial charge in [0.1, 0.15) is 55.4 Å². The van der Waals surface area contributed by atoms with E-state index in [-0.39, 0.29) is 19.4 Å². The first-order valence-corrected chi connectivity index (χ1v) is 24.4. The standard InChI is InChI=1S/C50H84O15/c1-3-5-7-9-11-13-15-17-19-21-23-25-27-29-31-33-42(53)63-38(35-60-41(52)32-30-28-26-24-22-20-18-16-14-12-10-8-6-4-2)36-61-49-48(59)46(57)44(55)40(65-49)37-62-50-47(58)45(56)43(54)39(34-51)64-50/h5,7,10-13,16-19,38-40,43-51,54-59H,3-4,6,8-9,14-15,20-37H2,1-2H3/b7-5-,12-10-,13-11-,18-16-,19-17-. The topological polar surface area (TPSA) is 231 Å². The van der Waals surface area contributed by atoms with Gasteiger partial charge in [0.2, 0.25) is 0 Å². The third kappa shape index (κ3) is 25.8. The smallest absolute Gasteiger partial charge is 0.306 e. The number of ether oxygens (including phenoxy) is 6. The lowest BCUT2D eigenvalue weighted by Crippen LogP contribution is -2.61. The largest absolute Gasteiger partial charge is 0.462 e. The second kappa shape index (κ2) is 37.2. The fourth-order valence-corrected chi connectivity index (χ4v) is 7.19. The second-order valence-corrected chi connectivity index (χ2v) is 16.9. The van der Waals surface area contributed by atoms with Crippen LogP contribution in [0.25, 0.3) is 0 Å². The first-order valence-electron chi connectivity index (χ1n) is 24.4. The van der Waals surface area contributed by atoms with Crippen molar-refractivity contribution >= 4 is 11.9 Å². The molecule has 11 unspecified atom stereocenters. The van der Waals surface area contributed by atoms with Gasteiger partial charge in [-0.15, -0.1) is 0 Å². The van der Waals surface area contributed by atoms with Gasteiger partial charge in [-0.05, 0) is 70.6 Å². The predicted molar refractivity (Wildman–Crippen MR) is 247 cm³/mol. The normalized spacial score (nSPS) is 26.9. The Morgan fingerprint density at radius 1 is 0.508 bits per heavy atom. The van der Waals surface area contributed by atoms with E-state index >= 15 is 0 Å². The fraction of sp³-hybridized carbons (Fsp3) is 0.760. The minimum absolute atomic E-state index is 0.140. The number of esters is 2. The molecule has 0 saturated carbocycles. The zero-order valence-corrected chi connectivity index (χ0v) is 39.2. The van der Waals surface area contributed by atoms with Crippen molar-refractivity contribution in [3.63, 3.8) is 0 Å². The minimum atomic E-state index is -1.77. The zero-order chi connectivity index (χ0) is 47.5. The molecule has 0 aromatic carbocycles. The summed E-state index contributed by atoms with van der Waals surface area (Å²) in [5.74, 6) is -0.967. The number of aliphatic hydroxyl groups is 7. The Hall–Kier alpha value is -2.80. The van der Waals surface area contributed by atoms with E-state index in [1.165, 1.54) is 12.8 Å². The van der Waals surface area contributed by atoms with E-state index in [0.29, 0.717) is 12.8 Å². The summed E-state index contributed by atoms with van der Waals surface area (Å²) in [7, 11) is 0. The van der Waals surface area contributed by atoms with Gasteiger partial charge in [0.25, 0.3) is 0 Å². The van der Waals surface area contributed by atoms with Gasteiger partial charge >= 0.3 is 11.9 Å². The van der Waals surface area contributed by atoms with Gasteiger partial charge in [0.05, 0.1) is 19.8 Å². The van der Waals surface area contributed by atoms with E-state index < -0.39 is 99.3 Å². The number of carbonyl (C=O) groups is 2. The first-order chi connectivity index (χ1) is 31.5. The number of rotatable bonds is 36. The highest BCUT2D eigenvalue weighted by atomic mass is 16.7. The molecular weight excluding hydrogens is 841 g/mol. The van der Waals surface area contributed by atoms with E-state index in [4.69, 9.17) is 28.4 Å². The molecule has 2 rings (SSSR count). The van der Waals surface area contributed by atoms with Crippen molar-refractivity contribution in [2.24, 2.45) is 0 Å². The summed E-state index contributed by atoms with van der Waals surface area (Å²) in [6.07, 6.45) is 23.9. The Balaban J connectivity index is 1.85. The molecule has 0 aliphatic carbocycles. The summed E-state index contributed by atoms with van der Waals surface area (Å²) in [4.78, 5) is 25.7. The van der Waals surface area contributed by atoms with Crippen LogP contribution in [-0.4, -0.2) is 142 Å². The quantitative estimate of drug-likeness (QED) is 0.0214. The molecule has 2 aliphatic heterocycles. The van der Waals surface area contributed by atoms with Crippen LogP contribution < -0.4 is 0 Å². The SMILES string of the molecule is CC/C=C\C/C=C\C/C=C\CCCCCCCC(=O)OC(COC(=O)CCCCCCC/C=C\C/C=C\CCCC)COC1OC(COC2OC(CO)C(O)C(O)C2O)C(O)C(O)C1O. The summed E-state index contributed by atoms with van der Waals surface area (Å²) in [6, 6.07) is 0. The fourth-order valence-electron chi connectivity index (χ4n) is 7.19. The van der Waals surface area contributed by atoms with E-state index in [9.17, 15) is 45.3 Å². The van der Waals surface area contributed by atoms with Crippen molar-refractivity contribution in [1.29, 1.82) is 0 Å². The van der Waals surface area contributed by atoms with Gasteiger partial charge < -0.3 is 64.2 Å². The Bertz CT molecular complexity index is 1370. The number of hydrogen-bond donors (Lipinski definition) is 7. The van der Waals surface area contributed by atoms with Gasteiger partial charge in [0.15, 0.2) is 18.7 Å². The molecule has 2 saturated heterocycles. The highest BCUT2D eigenvalue weighted by Gasteiger charge is 2.47. The van der Waals surface area contributed by atoms with Crippen LogP contribution in [0.2, 0.25) is 0 Å². The monoisotopic (exact) mass is 925 g/mol. The number of allylic oxidation sites excluding steroid dienone is 10. The summed E-state index contributed by atoms with van der Waals surface area (Å²) in [6.45, 7) is 2.38. The van der Waals surface area contributed by atoms with E-state index in [1.54, 1.807) is 0 Å². The van der Waals surface area contributed by atoms with E-state index in [1.807, 2.05) is 0 Å². The third-order valence-electron chi connectivity index (χ3n) is 11.2. The van der Waals surface area contributed by atoms with Gasteiger partial charge in [-0.25, -0.2) is 0 Å². The minimum Gasteiger partial charge on any atom is -0.462 e. The Morgan fingerprint density at radius 2 is 0.969 bits per heavy atom. The zero-order valence-electron chi connectivity index (χ0n) is 39.2. The second-order valence-electron chi connectivity index (χ2n) is 16.9. The molecule has 0 spiro atoms. The van der Waals surface area contributed by atoms with Crippen molar-refractivity contribution in [2.75, 3.05) is 26.4 Å². The van der Waals surface area contributed by atoms with Crippen molar-refractivity contribution < 1.29 is 73.8 Å². The molecular formula is C50H84O15. The molecule has 7 N–H and O–H groups in total. The van der Waals surface area contributed by atoms with E-state index in [0.717, 1.165) is 96.3 Å². The number of carbonyl (C=O) groups excluding carboxylic acids is 2. The number of aliphatic hydroxyl groups excluding tert-OH is 7. The average molecular weight is 925 g/mol. The van der Waals surface area contributed by atoms with Crippen LogP contribution in [0.3, 0.4) is 0 Å². The predicted octanol–water partition coefficient (Wildman–Crippen LogP) is 6.10. The summed E-state index contributed by atoms with van der Waals surface area (Å²) < 4.78 is 33.5. The molecule has 374 valence electrons. The molecule has 0 amide bonds. The van der Waals surface area contributed by atoms with Crippen molar-refractivity contribution in [2.45, 2.75) is 216 Å². The lowest BCUT2D eigenvalue weighted by atomic mass is 9.98. The van der Waals surface area contributed by atoms with Crippen molar-refractivity contribution in [3.05, 3.63) is 60.8 Å². The molecule has 15 heteroatoms. The maximum absolute atomic E-state index is 13.0. The summed E-state index contributed by atoms with van der Waals surface area (Å²) in [5, 5.41) is 72.0. The molecule has 0 radical (unpaired) electrons. The van der Waals surface area contributed by atoms with Gasteiger partial charge in [-0.1, -0.05) is 126 Å². The van der Waals surface area contributed by atoms with Crippen LogP contribution in [0.4, 0.5) is 0 Å². The lowest BCUT2D eigenvalue weighted by molar-refractivity contribution is -0.332. The molecule has 2 fully saturated rings. The summed E-state index contributed by atoms with van der Waals surface area (Å²) in [5.41, 5.74) is 0. The van der Waals surface area contributed by atoms with Crippen LogP contribution in [0.5, 0.6) is 0 Å². The van der Waals surface area contributed by atoms with Crippen molar-refractivity contribution in [3.8, 4) is 0 Å². The average Bonchev–Trinajstić information content (AvgIpc) is 3.30. The van der Waals surface area contributed by atoms with Crippen LogP contribution in [0, 0.1) is 0 Å². The van der Waals surface area contributed by atoms with E-state index in [2.05, 4.69) is 74.6 Å². The highest BCUT2D eigenvalue weighted by Crippen LogP contribution is 2.26. The van der Waals surface area contributed by atoms with Gasteiger partial charge in [-0.3, -0.25) is 9.59 Å².